The minimum Gasteiger partial charge on any atom is -0.480 e. The Bertz CT molecular complexity index is 206. The first kappa shape index (κ1) is 13.8. The summed E-state index contributed by atoms with van der Waals surface area (Å²) < 4.78 is 0. The number of carbonyl (C=O) groups is 1. The quantitative estimate of drug-likeness (QED) is 0.674. The summed E-state index contributed by atoms with van der Waals surface area (Å²) in [6.07, 6.45) is 1.25. The lowest BCUT2D eigenvalue weighted by atomic mass is 10.3. The molecule has 0 aromatic carbocycles. The van der Waals surface area contributed by atoms with E-state index in [1.54, 1.807) is 0 Å². The zero-order chi connectivity index (χ0) is 11.8. The normalized spacial score (nSPS) is 18.8. The predicted octanol–water partition coefficient (Wildman–Crippen LogP) is 0.832. The molecular formula is C11H22N2O2S. The Kier molecular flexibility index (Phi) is 6.84. The van der Waals surface area contributed by atoms with Crippen molar-refractivity contribution < 1.29 is 9.90 Å². The summed E-state index contributed by atoms with van der Waals surface area (Å²) in [5.41, 5.74) is 0. The van der Waals surface area contributed by atoms with Crippen LogP contribution in [0.1, 0.15) is 13.3 Å². The van der Waals surface area contributed by atoms with Gasteiger partial charge in [-0.1, -0.05) is 6.92 Å². The van der Waals surface area contributed by atoms with Gasteiger partial charge < -0.3 is 10.0 Å². The molecule has 0 atom stereocenters. The Morgan fingerprint density at radius 1 is 1.25 bits per heavy atom. The van der Waals surface area contributed by atoms with Crippen LogP contribution in [-0.4, -0.2) is 71.6 Å². The van der Waals surface area contributed by atoms with Gasteiger partial charge in [0, 0.05) is 26.2 Å². The van der Waals surface area contributed by atoms with Crippen LogP contribution in [0.2, 0.25) is 0 Å². The summed E-state index contributed by atoms with van der Waals surface area (Å²) in [7, 11) is 0. The van der Waals surface area contributed by atoms with Gasteiger partial charge in [0.05, 0.1) is 6.54 Å². The zero-order valence-corrected chi connectivity index (χ0v) is 10.8. The van der Waals surface area contributed by atoms with Gasteiger partial charge in [0.15, 0.2) is 0 Å². The van der Waals surface area contributed by atoms with Crippen LogP contribution in [0.25, 0.3) is 0 Å². The molecule has 0 aliphatic carbocycles. The summed E-state index contributed by atoms with van der Waals surface area (Å²) in [6, 6.07) is 0. The fraction of sp³-hybridized carbons (Fsp3) is 0.909. The van der Waals surface area contributed by atoms with E-state index in [-0.39, 0.29) is 6.54 Å². The lowest BCUT2D eigenvalue weighted by molar-refractivity contribution is -0.138. The fourth-order valence-corrected chi connectivity index (χ4v) is 2.52. The number of nitrogens with zero attached hydrogens (tertiary/aromatic N) is 2. The molecule has 0 amide bonds. The molecule has 0 aromatic heterocycles. The molecule has 1 N–H and O–H groups in total. The predicted molar refractivity (Wildman–Crippen MR) is 68.1 cm³/mol. The number of carboxylic acids is 1. The second kappa shape index (κ2) is 7.92. The van der Waals surface area contributed by atoms with Crippen molar-refractivity contribution in [1.29, 1.82) is 0 Å². The highest BCUT2D eigenvalue weighted by molar-refractivity contribution is 7.99. The molecule has 0 bridgehead atoms. The first-order chi connectivity index (χ1) is 7.72. The van der Waals surface area contributed by atoms with Crippen LogP contribution < -0.4 is 0 Å². The molecule has 0 saturated carbocycles. The van der Waals surface area contributed by atoms with Gasteiger partial charge >= 0.3 is 5.97 Å². The van der Waals surface area contributed by atoms with Gasteiger partial charge in [-0.15, -0.1) is 0 Å². The van der Waals surface area contributed by atoms with Crippen LogP contribution in [-0.2, 0) is 4.79 Å². The molecule has 0 spiro atoms. The van der Waals surface area contributed by atoms with E-state index >= 15 is 0 Å². The van der Waals surface area contributed by atoms with Gasteiger partial charge in [-0.3, -0.25) is 9.69 Å². The van der Waals surface area contributed by atoms with Crippen molar-refractivity contribution in [2.45, 2.75) is 13.3 Å². The molecule has 1 heterocycles. The SMILES string of the molecule is CCSCCCN1CCN(CC(=O)O)CC1. The smallest absolute Gasteiger partial charge is 0.317 e. The first-order valence-corrected chi connectivity index (χ1v) is 7.12. The molecule has 1 fully saturated rings. The number of piperazine rings is 1. The number of thioether (sulfide) groups is 1. The number of aliphatic carboxylic acids is 1. The number of hydrogen-bond acceptors (Lipinski definition) is 4. The monoisotopic (exact) mass is 246 g/mol. The average molecular weight is 246 g/mol. The highest BCUT2D eigenvalue weighted by Gasteiger charge is 2.17. The maximum Gasteiger partial charge on any atom is 0.317 e. The third-order valence-corrected chi connectivity index (χ3v) is 3.78. The molecule has 4 nitrogen and oxygen atoms in total. The van der Waals surface area contributed by atoms with Crippen molar-refractivity contribution >= 4 is 17.7 Å². The third kappa shape index (κ3) is 5.72. The molecular weight excluding hydrogens is 224 g/mol. The minimum atomic E-state index is -0.715. The largest absolute Gasteiger partial charge is 0.480 e. The Balaban J connectivity index is 2.05. The van der Waals surface area contributed by atoms with E-state index in [0.717, 1.165) is 32.7 Å². The van der Waals surface area contributed by atoms with Crippen LogP contribution in [0, 0.1) is 0 Å². The lowest BCUT2D eigenvalue weighted by Crippen LogP contribution is -2.48. The van der Waals surface area contributed by atoms with E-state index in [2.05, 4.69) is 11.8 Å². The molecule has 94 valence electrons. The van der Waals surface area contributed by atoms with Crippen LogP contribution in [0.3, 0.4) is 0 Å². The molecule has 1 rings (SSSR count). The summed E-state index contributed by atoms with van der Waals surface area (Å²) in [5.74, 6) is 1.73. The Hall–Kier alpha value is -0.260. The third-order valence-electron chi connectivity index (χ3n) is 2.79. The molecule has 5 heteroatoms. The van der Waals surface area contributed by atoms with Crippen molar-refractivity contribution in [3.05, 3.63) is 0 Å². The number of hydrogen-bond donors (Lipinski definition) is 1. The fourth-order valence-electron chi connectivity index (χ4n) is 1.90. The molecule has 16 heavy (non-hydrogen) atoms. The maximum absolute atomic E-state index is 10.5. The topological polar surface area (TPSA) is 43.8 Å². The van der Waals surface area contributed by atoms with Gasteiger partial charge in [-0.25, -0.2) is 0 Å². The molecule has 0 aromatic rings. The van der Waals surface area contributed by atoms with E-state index < -0.39 is 5.97 Å². The summed E-state index contributed by atoms with van der Waals surface area (Å²) in [6.45, 7) is 7.37. The van der Waals surface area contributed by atoms with E-state index in [0.29, 0.717) is 0 Å². The van der Waals surface area contributed by atoms with E-state index in [1.807, 2.05) is 16.7 Å². The Morgan fingerprint density at radius 3 is 2.44 bits per heavy atom. The highest BCUT2D eigenvalue weighted by atomic mass is 32.2. The van der Waals surface area contributed by atoms with Crippen molar-refractivity contribution in [3.63, 3.8) is 0 Å². The van der Waals surface area contributed by atoms with Crippen LogP contribution in [0.5, 0.6) is 0 Å². The van der Waals surface area contributed by atoms with E-state index in [9.17, 15) is 4.79 Å². The molecule has 1 aliphatic heterocycles. The van der Waals surface area contributed by atoms with Crippen molar-refractivity contribution in [2.24, 2.45) is 0 Å². The first-order valence-electron chi connectivity index (χ1n) is 5.96. The van der Waals surface area contributed by atoms with Gasteiger partial charge in [-0.2, -0.15) is 11.8 Å². The van der Waals surface area contributed by atoms with Gasteiger partial charge in [-0.05, 0) is 24.5 Å². The maximum atomic E-state index is 10.5. The number of carboxylic acid groups (broad SMARTS) is 1. The van der Waals surface area contributed by atoms with Gasteiger partial charge in [0.2, 0.25) is 0 Å². The van der Waals surface area contributed by atoms with Crippen LogP contribution in [0.15, 0.2) is 0 Å². The summed E-state index contributed by atoms with van der Waals surface area (Å²) in [5, 5.41) is 8.67. The molecule has 0 unspecified atom stereocenters. The molecule has 0 radical (unpaired) electrons. The second-order valence-corrected chi connectivity index (χ2v) is 5.46. The van der Waals surface area contributed by atoms with Crippen LogP contribution >= 0.6 is 11.8 Å². The lowest BCUT2D eigenvalue weighted by Gasteiger charge is -2.33. The summed E-state index contributed by atoms with van der Waals surface area (Å²) >= 11 is 1.99. The van der Waals surface area contributed by atoms with E-state index in [1.165, 1.54) is 17.9 Å². The molecule has 1 aliphatic rings. The van der Waals surface area contributed by atoms with Gasteiger partial charge in [0.1, 0.15) is 0 Å². The second-order valence-electron chi connectivity index (χ2n) is 4.06. The zero-order valence-electron chi connectivity index (χ0n) is 10.0. The van der Waals surface area contributed by atoms with Crippen molar-refractivity contribution in [1.82, 2.24) is 9.80 Å². The van der Waals surface area contributed by atoms with Crippen molar-refractivity contribution in [3.8, 4) is 0 Å². The van der Waals surface area contributed by atoms with E-state index in [4.69, 9.17) is 5.11 Å². The van der Waals surface area contributed by atoms with Gasteiger partial charge in [0.25, 0.3) is 0 Å². The van der Waals surface area contributed by atoms with Crippen LogP contribution in [0.4, 0.5) is 0 Å². The Labute approximate surface area is 102 Å². The standard InChI is InChI=1S/C11H22N2O2S/c1-2-16-9-3-4-12-5-7-13(8-6-12)10-11(14)15/h2-10H2,1H3,(H,14,15). The molecule has 1 saturated heterocycles. The number of rotatable bonds is 7. The van der Waals surface area contributed by atoms with Crippen molar-refractivity contribution in [2.75, 3.05) is 50.8 Å². The summed E-state index contributed by atoms with van der Waals surface area (Å²) in [4.78, 5) is 15.0. The highest BCUT2D eigenvalue weighted by Crippen LogP contribution is 2.05. The Morgan fingerprint density at radius 2 is 1.88 bits per heavy atom. The minimum absolute atomic E-state index is 0.194. The average Bonchev–Trinajstić information content (AvgIpc) is 2.26.